The summed E-state index contributed by atoms with van der Waals surface area (Å²) >= 11 is 1.39. The van der Waals surface area contributed by atoms with Crippen LogP contribution in [0.15, 0.2) is 20.7 Å². The minimum Gasteiger partial charge on any atom is -0.295 e. The Balaban J connectivity index is 1.99. The third kappa shape index (κ3) is 2.11. The molecule has 0 saturated heterocycles. The molecular weight excluding hydrogens is 330 g/mol. The fraction of sp³-hybridized carbons (Fsp3) is 0.467. The number of H-pyrrole nitrogens is 1. The highest BCUT2D eigenvalue weighted by Crippen LogP contribution is 2.34. The topological polar surface area (TPSA) is 94.7 Å². The van der Waals surface area contributed by atoms with Crippen LogP contribution in [-0.2, 0) is 13.1 Å². The molecule has 9 heteroatoms. The van der Waals surface area contributed by atoms with Crippen molar-refractivity contribution in [3.05, 3.63) is 48.1 Å². The number of aromatic nitrogens is 5. The Bertz CT molecular complexity index is 1110. The molecule has 0 aromatic carbocycles. The zero-order chi connectivity index (χ0) is 17.0. The van der Waals surface area contributed by atoms with Crippen molar-refractivity contribution in [1.29, 1.82) is 0 Å². The highest BCUT2D eigenvalue weighted by atomic mass is 32.1. The lowest BCUT2D eigenvalue weighted by Gasteiger charge is -2.09. The molecule has 3 aromatic heterocycles. The first-order valence-electron chi connectivity index (χ1n) is 7.90. The van der Waals surface area contributed by atoms with E-state index in [0.717, 1.165) is 23.3 Å². The predicted octanol–water partition coefficient (Wildman–Crippen LogP) is 0.821. The molecule has 3 aromatic rings. The Hall–Kier alpha value is -2.42. The molecule has 1 saturated carbocycles. The molecule has 0 spiro atoms. The highest BCUT2D eigenvalue weighted by molar-refractivity contribution is 7.18. The van der Waals surface area contributed by atoms with Gasteiger partial charge in [0.1, 0.15) is 11.2 Å². The van der Waals surface area contributed by atoms with Crippen molar-refractivity contribution in [3.8, 4) is 0 Å². The Morgan fingerprint density at radius 2 is 2.08 bits per heavy atom. The van der Waals surface area contributed by atoms with Crippen LogP contribution in [0.4, 0.5) is 0 Å². The molecule has 0 radical (unpaired) electrons. The van der Waals surface area contributed by atoms with Crippen molar-refractivity contribution in [1.82, 2.24) is 23.9 Å². The third-order valence-corrected chi connectivity index (χ3v) is 5.78. The molecule has 8 nitrogen and oxygen atoms in total. The third-order valence-electron chi connectivity index (χ3n) is 4.48. The van der Waals surface area contributed by atoms with Crippen LogP contribution in [0.5, 0.6) is 0 Å². The summed E-state index contributed by atoms with van der Waals surface area (Å²) in [5.74, 6) is 0. The molecule has 1 fully saturated rings. The van der Waals surface area contributed by atoms with Crippen LogP contribution in [-0.4, -0.2) is 23.9 Å². The number of rotatable bonds is 4. The van der Waals surface area contributed by atoms with Crippen molar-refractivity contribution >= 4 is 21.6 Å². The first-order chi connectivity index (χ1) is 11.5. The maximum absolute atomic E-state index is 12.9. The zero-order valence-electron chi connectivity index (χ0n) is 13.4. The lowest BCUT2D eigenvalue weighted by Crippen LogP contribution is -2.39. The number of nitrogens with zero attached hydrogens (tertiary/aromatic N) is 4. The quantitative estimate of drug-likeness (QED) is 0.756. The van der Waals surface area contributed by atoms with Crippen molar-refractivity contribution in [2.75, 3.05) is 0 Å². The minimum atomic E-state index is -0.296. The van der Waals surface area contributed by atoms with Crippen LogP contribution in [0.1, 0.15) is 36.2 Å². The number of nitrogens with one attached hydrogen (secondary N) is 1. The summed E-state index contributed by atoms with van der Waals surface area (Å²) in [7, 11) is 0. The van der Waals surface area contributed by atoms with Crippen LogP contribution in [0.2, 0.25) is 0 Å². The van der Waals surface area contributed by atoms with E-state index in [1.54, 1.807) is 4.57 Å². The highest BCUT2D eigenvalue weighted by Gasteiger charge is 2.30. The summed E-state index contributed by atoms with van der Waals surface area (Å²) in [5, 5.41) is 4.55. The van der Waals surface area contributed by atoms with E-state index in [-0.39, 0.29) is 29.5 Å². The molecule has 1 aliphatic carbocycles. The summed E-state index contributed by atoms with van der Waals surface area (Å²) in [6.45, 7) is 4.56. The van der Waals surface area contributed by atoms with E-state index < -0.39 is 0 Å². The molecule has 24 heavy (non-hydrogen) atoms. The summed E-state index contributed by atoms with van der Waals surface area (Å²) in [6, 6.07) is 0.0314. The Labute approximate surface area is 140 Å². The van der Waals surface area contributed by atoms with Gasteiger partial charge in [0.2, 0.25) is 0 Å². The van der Waals surface area contributed by atoms with E-state index in [4.69, 9.17) is 0 Å². The van der Waals surface area contributed by atoms with Crippen LogP contribution in [0.25, 0.3) is 10.2 Å². The molecular formula is C15H17N5O3S. The van der Waals surface area contributed by atoms with Crippen LogP contribution in [0.3, 0.4) is 0 Å². The second kappa shape index (κ2) is 5.30. The summed E-state index contributed by atoms with van der Waals surface area (Å²) in [5.41, 5.74) is 0.0837. The van der Waals surface area contributed by atoms with Gasteiger partial charge in [-0.3, -0.25) is 18.9 Å². The Kier molecular flexibility index (Phi) is 3.34. The largest absolute Gasteiger partial charge is 0.343 e. The molecule has 0 amide bonds. The SMILES string of the molecule is CCn1c(=O)n(C2CC2)c(=O)c2c(C)c(Cn3nc[nH]c3=O)sc21. The van der Waals surface area contributed by atoms with Crippen molar-refractivity contribution in [2.45, 2.75) is 45.8 Å². The van der Waals surface area contributed by atoms with Gasteiger partial charge in [-0.15, -0.1) is 11.3 Å². The van der Waals surface area contributed by atoms with E-state index in [9.17, 15) is 14.4 Å². The fourth-order valence-corrected chi connectivity index (χ4v) is 4.36. The molecule has 0 unspecified atom stereocenters. The minimum absolute atomic E-state index is 0.0314. The number of aromatic amines is 1. The van der Waals surface area contributed by atoms with E-state index >= 15 is 0 Å². The monoisotopic (exact) mass is 347 g/mol. The van der Waals surface area contributed by atoms with Gasteiger partial charge in [-0.2, -0.15) is 5.10 Å². The van der Waals surface area contributed by atoms with Crippen molar-refractivity contribution in [2.24, 2.45) is 0 Å². The van der Waals surface area contributed by atoms with Crippen LogP contribution >= 0.6 is 11.3 Å². The normalized spacial score (nSPS) is 14.6. The zero-order valence-corrected chi connectivity index (χ0v) is 14.2. The summed E-state index contributed by atoms with van der Waals surface area (Å²) in [4.78, 5) is 41.3. The predicted molar refractivity (Wildman–Crippen MR) is 91.0 cm³/mol. The van der Waals surface area contributed by atoms with Crippen LogP contribution in [0, 0.1) is 6.92 Å². The van der Waals surface area contributed by atoms with Gasteiger partial charge >= 0.3 is 11.4 Å². The maximum atomic E-state index is 12.9. The molecule has 0 aliphatic heterocycles. The van der Waals surface area contributed by atoms with Gasteiger partial charge in [-0.05, 0) is 32.3 Å². The Morgan fingerprint density at radius 3 is 2.67 bits per heavy atom. The van der Waals surface area contributed by atoms with Crippen molar-refractivity contribution in [3.63, 3.8) is 0 Å². The van der Waals surface area contributed by atoms with Crippen molar-refractivity contribution < 1.29 is 0 Å². The first kappa shape index (κ1) is 15.1. The smallest absolute Gasteiger partial charge is 0.295 e. The van der Waals surface area contributed by atoms with Crippen LogP contribution < -0.4 is 16.9 Å². The lowest BCUT2D eigenvalue weighted by molar-refractivity contribution is 0.600. The van der Waals surface area contributed by atoms with Gasteiger partial charge in [-0.25, -0.2) is 14.3 Å². The fourth-order valence-electron chi connectivity index (χ4n) is 3.02. The Morgan fingerprint density at radius 1 is 1.33 bits per heavy atom. The van der Waals surface area contributed by atoms with Gasteiger partial charge < -0.3 is 0 Å². The average Bonchev–Trinajstić information content (AvgIpc) is 3.21. The van der Waals surface area contributed by atoms with Gasteiger partial charge in [-0.1, -0.05) is 0 Å². The maximum Gasteiger partial charge on any atom is 0.343 e. The molecule has 1 aliphatic rings. The second-order valence-electron chi connectivity index (χ2n) is 6.02. The first-order valence-corrected chi connectivity index (χ1v) is 8.72. The standard InChI is InChI=1S/C15H17N5O3S/c1-3-18-13-11(12(21)20(15(18)23)9-4-5-9)8(2)10(24-13)6-19-14(22)16-7-17-19/h7,9H,3-6H2,1-2H3,(H,16,17,22). The van der Waals surface area contributed by atoms with Gasteiger partial charge in [0.15, 0.2) is 0 Å². The van der Waals surface area contributed by atoms with E-state index in [1.807, 2.05) is 13.8 Å². The molecule has 0 atom stereocenters. The van der Waals surface area contributed by atoms with Gasteiger partial charge in [0.05, 0.1) is 11.9 Å². The number of fused-ring (bicyclic) bond motifs is 1. The number of hydrogen-bond acceptors (Lipinski definition) is 5. The van der Waals surface area contributed by atoms with E-state index in [1.165, 1.54) is 26.9 Å². The molecule has 1 N–H and O–H groups in total. The molecule has 4 rings (SSSR count). The summed E-state index contributed by atoms with van der Waals surface area (Å²) in [6.07, 6.45) is 3.10. The second-order valence-corrected chi connectivity index (χ2v) is 7.10. The number of thiophene rings is 1. The lowest BCUT2D eigenvalue weighted by atomic mass is 10.2. The number of hydrogen-bond donors (Lipinski definition) is 1. The van der Waals surface area contributed by atoms with E-state index in [2.05, 4.69) is 10.1 Å². The van der Waals surface area contributed by atoms with Gasteiger partial charge in [0.25, 0.3) is 5.56 Å². The average molecular weight is 347 g/mol. The van der Waals surface area contributed by atoms with Gasteiger partial charge in [0, 0.05) is 17.5 Å². The number of aryl methyl sites for hydroxylation is 2. The molecule has 126 valence electrons. The van der Waals surface area contributed by atoms with E-state index in [0.29, 0.717) is 16.8 Å². The summed E-state index contributed by atoms with van der Waals surface area (Å²) < 4.78 is 4.37. The molecule has 0 bridgehead atoms. The molecule has 3 heterocycles.